The van der Waals surface area contributed by atoms with E-state index in [0.29, 0.717) is 18.7 Å². The minimum Gasteiger partial charge on any atom is -0.497 e. The molecule has 3 rings (SSSR count). The van der Waals surface area contributed by atoms with E-state index in [1.165, 1.54) is 0 Å². The van der Waals surface area contributed by atoms with Gasteiger partial charge in [-0.05, 0) is 43.3 Å². The summed E-state index contributed by atoms with van der Waals surface area (Å²) >= 11 is 0. The zero-order valence-electron chi connectivity index (χ0n) is 14.3. The third-order valence-electron chi connectivity index (χ3n) is 3.84. The topological polar surface area (TPSA) is 76.2 Å². The van der Waals surface area contributed by atoms with E-state index >= 15 is 0 Å². The standard InChI is InChI=1S/C19H21N3O3/c1-13(25-15-9-7-14(24-2)8-10-15)19(23)20-12-11-18-21-16-5-3-4-6-17(16)22-18/h3-10,13H,11-12H2,1-2H3,(H,20,23)(H,21,22)/t13-/m0/s1. The second-order valence-electron chi connectivity index (χ2n) is 5.68. The number of hydrogen-bond acceptors (Lipinski definition) is 4. The first-order valence-corrected chi connectivity index (χ1v) is 8.18. The molecule has 0 aliphatic heterocycles. The van der Waals surface area contributed by atoms with Crippen LogP contribution >= 0.6 is 0 Å². The molecule has 0 saturated carbocycles. The fourth-order valence-corrected chi connectivity index (χ4v) is 2.48. The van der Waals surface area contributed by atoms with Gasteiger partial charge >= 0.3 is 0 Å². The Labute approximate surface area is 146 Å². The summed E-state index contributed by atoms with van der Waals surface area (Å²) in [4.78, 5) is 19.9. The Bertz CT molecular complexity index is 810. The number of carbonyl (C=O) groups is 1. The molecule has 0 spiro atoms. The van der Waals surface area contributed by atoms with Gasteiger partial charge in [0.1, 0.15) is 17.3 Å². The summed E-state index contributed by atoms with van der Waals surface area (Å²) in [6.07, 6.45) is 0.0550. The quantitative estimate of drug-likeness (QED) is 0.694. The van der Waals surface area contributed by atoms with Crippen molar-refractivity contribution in [1.29, 1.82) is 0 Å². The average Bonchev–Trinajstić information content (AvgIpc) is 3.05. The highest BCUT2D eigenvalue weighted by molar-refractivity contribution is 5.80. The van der Waals surface area contributed by atoms with Gasteiger partial charge < -0.3 is 19.8 Å². The Balaban J connectivity index is 1.47. The summed E-state index contributed by atoms with van der Waals surface area (Å²) in [6, 6.07) is 15.0. The van der Waals surface area contributed by atoms with Gasteiger partial charge in [-0.3, -0.25) is 4.79 Å². The van der Waals surface area contributed by atoms with Crippen LogP contribution in [0.3, 0.4) is 0 Å². The summed E-state index contributed by atoms with van der Waals surface area (Å²) in [5.41, 5.74) is 1.93. The highest BCUT2D eigenvalue weighted by atomic mass is 16.5. The van der Waals surface area contributed by atoms with Crippen LogP contribution in [0.25, 0.3) is 11.0 Å². The van der Waals surface area contributed by atoms with Crippen molar-refractivity contribution in [1.82, 2.24) is 15.3 Å². The van der Waals surface area contributed by atoms with E-state index in [9.17, 15) is 4.79 Å². The van der Waals surface area contributed by atoms with E-state index in [2.05, 4.69) is 15.3 Å². The zero-order chi connectivity index (χ0) is 17.6. The Hall–Kier alpha value is -3.02. The Kier molecular flexibility index (Phi) is 5.18. The van der Waals surface area contributed by atoms with Gasteiger partial charge in [0.2, 0.25) is 0 Å². The number of imidazole rings is 1. The number of H-pyrrole nitrogens is 1. The van der Waals surface area contributed by atoms with Crippen LogP contribution in [0.2, 0.25) is 0 Å². The molecule has 0 unspecified atom stereocenters. The summed E-state index contributed by atoms with van der Waals surface area (Å²) in [5, 5.41) is 2.87. The Morgan fingerprint density at radius 3 is 2.60 bits per heavy atom. The SMILES string of the molecule is COc1ccc(O[C@@H](C)C(=O)NCCc2nc3ccccc3[nH]2)cc1. The number of hydrogen-bond donors (Lipinski definition) is 2. The molecule has 6 heteroatoms. The molecular weight excluding hydrogens is 318 g/mol. The normalized spacial score (nSPS) is 11.9. The molecule has 1 atom stereocenters. The number of aromatic amines is 1. The first kappa shape index (κ1) is 16.8. The molecule has 2 N–H and O–H groups in total. The van der Waals surface area contributed by atoms with Gasteiger partial charge in [0.25, 0.3) is 5.91 Å². The van der Waals surface area contributed by atoms with E-state index in [0.717, 1.165) is 22.6 Å². The number of carbonyl (C=O) groups excluding carboxylic acids is 1. The lowest BCUT2D eigenvalue weighted by Crippen LogP contribution is -2.37. The van der Waals surface area contributed by atoms with Crippen molar-refractivity contribution in [3.63, 3.8) is 0 Å². The summed E-state index contributed by atoms with van der Waals surface area (Å²) in [6.45, 7) is 2.22. The molecule has 0 bridgehead atoms. The van der Waals surface area contributed by atoms with Crippen LogP contribution in [0.1, 0.15) is 12.7 Å². The number of benzene rings is 2. The number of nitrogens with one attached hydrogen (secondary N) is 2. The van der Waals surface area contributed by atoms with Gasteiger partial charge in [-0.15, -0.1) is 0 Å². The van der Waals surface area contributed by atoms with Crippen LogP contribution in [-0.2, 0) is 11.2 Å². The summed E-state index contributed by atoms with van der Waals surface area (Å²) in [7, 11) is 1.61. The van der Waals surface area contributed by atoms with Gasteiger partial charge in [0.05, 0.1) is 18.1 Å². The van der Waals surface area contributed by atoms with Crippen molar-refractivity contribution in [3.05, 3.63) is 54.4 Å². The number of rotatable bonds is 7. The van der Waals surface area contributed by atoms with Crippen molar-refractivity contribution in [2.75, 3.05) is 13.7 Å². The van der Waals surface area contributed by atoms with Crippen molar-refractivity contribution in [3.8, 4) is 11.5 Å². The second kappa shape index (κ2) is 7.70. The molecule has 2 aromatic carbocycles. The summed E-state index contributed by atoms with van der Waals surface area (Å²) in [5.74, 6) is 2.06. The van der Waals surface area contributed by atoms with E-state index in [-0.39, 0.29) is 5.91 Å². The molecule has 130 valence electrons. The molecule has 25 heavy (non-hydrogen) atoms. The molecule has 0 fully saturated rings. The van der Waals surface area contributed by atoms with Crippen LogP contribution in [-0.4, -0.2) is 35.6 Å². The molecular formula is C19H21N3O3. The molecule has 3 aromatic rings. The van der Waals surface area contributed by atoms with Crippen LogP contribution in [0, 0.1) is 0 Å². The van der Waals surface area contributed by atoms with E-state index in [1.54, 1.807) is 38.3 Å². The molecule has 1 aromatic heterocycles. The third kappa shape index (κ3) is 4.29. The lowest BCUT2D eigenvalue weighted by atomic mass is 10.3. The van der Waals surface area contributed by atoms with Gasteiger partial charge in [0.15, 0.2) is 6.10 Å². The van der Waals surface area contributed by atoms with Crippen molar-refractivity contribution < 1.29 is 14.3 Å². The Morgan fingerprint density at radius 2 is 1.88 bits per heavy atom. The van der Waals surface area contributed by atoms with Gasteiger partial charge in [-0.1, -0.05) is 12.1 Å². The number of fused-ring (bicyclic) bond motifs is 1. The average molecular weight is 339 g/mol. The number of amides is 1. The summed E-state index contributed by atoms with van der Waals surface area (Å²) < 4.78 is 10.7. The fourth-order valence-electron chi connectivity index (χ4n) is 2.48. The molecule has 0 aliphatic rings. The molecule has 1 heterocycles. The number of aromatic nitrogens is 2. The maximum absolute atomic E-state index is 12.1. The molecule has 6 nitrogen and oxygen atoms in total. The van der Waals surface area contributed by atoms with Crippen LogP contribution < -0.4 is 14.8 Å². The highest BCUT2D eigenvalue weighted by Crippen LogP contribution is 2.18. The minimum absolute atomic E-state index is 0.160. The predicted molar refractivity (Wildman–Crippen MR) is 95.9 cm³/mol. The third-order valence-corrected chi connectivity index (χ3v) is 3.84. The van der Waals surface area contributed by atoms with E-state index in [4.69, 9.17) is 9.47 Å². The largest absolute Gasteiger partial charge is 0.497 e. The smallest absolute Gasteiger partial charge is 0.260 e. The first-order valence-electron chi connectivity index (χ1n) is 8.18. The van der Waals surface area contributed by atoms with E-state index in [1.807, 2.05) is 24.3 Å². The lowest BCUT2D eigenvalue weighted by Gasteiger charge is -2.14. The van der Waals surface area contributed by atoms with Crippen molar-refractivity contribution in [2.24, 2.45) is 0 Å². The number of methoxy groups -OCH3 is 1. The van der Waals surface area contributed by atoms with Crippen molar-refractivity contribution >= 4 is 16.9 Å². The number of para-hydroxylation sites is 2. The van der Waals surface area contributed by atoms with Gasteiger partial charge in [0, 0.05) is 13.0 Å². The predicted octanol–water partition coefficient (Wildman–Crippen LogP) is 2.70. The maximum atomic E-state index is 12.1. The van der Waals surface area contributed by atoms with Gasteiger partial charge in [-0.25, -0.2) is 4.98 Å². The monoisotopic (exact) mass is 339 g/mol. The molecule has 0 saturated heterocycles. The molecule has 1 amide bonds. The first-order chi connectivity index (χ1) is 12.2. The second-order valence-corrected chi connectivity index (χ2v) is 5.68. The van der Waals surface area contributed by atoms with Crippen LogP contribution in [0.15, 0.2) is 48.5 Å². The highest BCUT2D eigenvalue weighted by Gasteiger charge is 2.14. The van der Waals surface area contributed by atoms with Crippen LogP contribution in [0.5, 0.6) is 11.5 Å². The number of nitrogens with zero attached hydrogens (tertiary/aromatic N) is 1. The van der Waals surface area contributed by atoms with E-state index < -0.39 is 6.10 Å². The maximum Gasteiger partial charge on any atom is 0.260 e. The Morgan fingerprint density at radius 1 is 1.16 bits per heavy atom. The lowest BCUT2D eigenvalue weighted by molar-refractivity contribution is -0.127. The van der Waals surface area contributed by atoms with Crippen LogP contribution in [0.4, 0.5) is 0 Å². The molecule has 0 radical (unpaired) electrons. The molecule has 0 aliphatic carbocycles. The fraction of sp³-hybridized carbons (Fsp3) is 0.263. The minimum atomic E-state index is -0.580. The number of ether oxygens (including phenoxy) is 2. The van der Waals surface area contributed by atoms with Crippen molar-refractivity contribution in [2.45, 2.75) is 19.4 Å². The zero-order valence-corrected chi connectivity index (χ0v) is 14.3. The van der Waals surface area contributed by atoms with Gasteiger partial charge in [-0.2, -0.15) is 0 Å².